The average Bonchev–Trinajstić information content (AvgIpc) is 0.781. The molecular weight excluding hydrogens is 1310 g/mol. The van der Waals surface area contributed by atoms with E-state index in [1.165, 1.54) is 315 Å². The Labute approximate surface area is 626 Å². The summed E-state index contributed by atoms with van der Waals surface area (Å²) >= 11 is 0. The number of unbranched alkanes of at least 4 members (excludes halogenated alkanes) is 55. The van der Waals surface area contributed by atoms with Crippen LogP contribution >= 0.6 is 0 Å². The minimum absolute atomic E-state index is 0.250. The molecule has 0 saturated carbocycles. The number of hydrogen-bond donors (Lipinski definition) is 12. The SMILES string of the molecule is CCCCCCCCCCCCCCCCCCCCCCCCCCCCC/C=C/C(O)C(COC1OC(CO)C(OC2OC(CO)C(OC3OC(CO)C(O)C(O)C3O)C(O)C2O)C(O)C1O)NC(=O)CCCCCCCCCCCCCCCCCCCCCCCCCCCCCCC. The van der Waals surface area contributed by atoms with Crippen molar-refractivity contribution in [2.24, 2.45) is 0 Å². The third kappa shape index (κ3) is 44.8. The number of hydrogen-bond acceptors (Lipinski definition) is 18. The fraction of sp³-hybridized carbons (Fsp3) is 0.964. The first kappa shape index (κ1) is 95.7. The fourth-order valence-electron chi connectivity index (χ4n) is 15.1. The molecule has 0 aromatic carbocycles. The van der Waals surface area contributed by atoms with E-state index in [1.807, 2.05) is 6.08 Å². The first-order chi connectivity index (χ1) is 50.3. The van der Waals surface area contributed by atoms with Crippen LogP contribution in [0, 0.1) is 0 Å². The highest BCUT2D eigenvalue weighted by Crippen LogP contribution is 2.34. The van der Waals surface area contributed by atoms with Crippen LogP contribution in [0.15, 0.2) is 12.2 Å². The predicted molar refractivity (Wildman–Crippen MR) is 411 cm³/mol. The van der Waals surface area contributed by atoms with Gasteiger partial charge in [-0.1, -0.05) is 373 Å². The van der Waals surface area contributed by atoms with E-state index in [4.69, 9.17) is 28.4 Å². The summed E-state index contributed by atoms with van der Waals surface area (Å²) in [6.07, 6.45) is 52.1. The average molecular weight is 1470 g/mol. The van der Waals surface area contributed by atoms with Gasteiger partial charge in [-0.3, -0.25) is 4.79 Å². The van der Waals surface area contributed by atoms with E-state index < -0.39 is 124 Å². The Kier molecular flexibility index (Phi) is 60.7. The van der Waals surface area contributed by atoms with E-state index in [1.54, 1.807) is 6.08 Å². The topological polar surface area (TPSA) is 307 Å². The molecule has 0 bridgehead atoms. The highest BCUT2D eigenvalue weighted by molar-refractivity contribution is 5.76. The highest BCUT2D eigenvalue weighted by Gasteiger charge is 2.54. The normalized spacial score (nSPS) is 26.0. The number of ether oxygens (including phenoxy) is 6. The lowest BCUT2D eigenvalue weighted by molar-refractivity contribution is -0.379. The van der Waals surface area contributed by atoms with Crippen molar-refractivity contribution in [2.45, 2.75) is 491 Å². The fourth-order valence-corrected chi connectivity index (χ4v) is 15.1. The van der Waals surface area contributed by atoms with Crippen molar-refractivity contribution >= 4 is 5.91 Å². The molecule has 3 heterocycles. The van der Waals surface area contributed by atoms with Crippen molar-refractivity contribution in [3.63, 3.8) is 0 Å². The number of rotatable bonds is 71. The number of aliphatic hydroxyl groups is 11. The van der Waals surface area contributed by atoms with Crippen LogP contribution in [-0.2, 0) is 33.2 Å². The number of amides is 1. The van der Waals surface area contributed by atoms with Gasteiger partial charge >= 0.3 is 0 Å². The maximum atomic E-state index is 13.5. The van der Waals surface area contributed by atoms with Crippen molar-refractivity contribution in [3.8, 4) is 0 Å². The summed E-state index contributed by atoms with van der Waals surface area (Å²) in [5.74, 6) is -0.265. The molecule has 3 aliphatic rings. The van der Waals surface area contributed by atoms with Crippen LogP contribution in [0.5, 0.6) is 0 Å². The van der Waals surface area contributed by atoms with Crippen molar-refractivity contribution in [2.75, 3.05) is 26.4 Å². The zero-order valence-electron chi connectivity index (χ0n) is 65.6. The zero-order chi connectivity index (χ0) is 74.6. The second-order valence-corrected chi connectivity index (χ2v) is 31.4. The number of nitrogens with one attached hydrogen (secondary N) is 1. The summed E-state index contributed by atoms with van der Waals surface area (Å²) < 4.78 is 34.5. The Morgan fingerprint density at radius 2 is 0.602 bits per heavy atom. The van der Waals surface area contributed by atoms with Gasteiger partial charge in [-0.2, -0.15) is 0 Å². The van der Waals surface area contributed by atoms with Gasteiger partial charge in [0.15, 0.2) is 18.9 Å². The van der Waals surface area contributed by atoms with Crippen molar-refractivity contribution in [1.29, 1.82) is 0 Å². The number of aliphatic hydroxyl groups excluding tert-OH is 11. The molecule has 17 unspecified atom stereocenters. The van der Waals surface area contributed by atoms with Crippen LogP contribution in [-0.4, -0.2) is 193 Å². The second kappa shape index (κ2) is 65.3. The summed E-state index contributed by atoms with van der Waals surface area (Å²) in [5.41, 5.74) is 0. The Hall–Kier alpha value is -1.47. The Balaban J connectivity index is 1.35. The number of allylic oxidation sites excluding steroid dienone is 1. The Bertz CT molecular complexity index is 1910. The van der Waals surface area contributed by atoms with Gasteiger partial charge in [0.05, 0.1) is 38.6 Å². The molecule has 0 aliphatic carbocycles. The molecule has 3 fully saturated rings. The summed E-state index contributed by atoms with van der Waals surface area (Å²) in [6, 6.07) is -0.971. The van der Waals surface area contributed by atoms with Crippen LogP contribution in [0.25, 0.3) is 0 Å². The Morgan fingerprint density at radius 3 is 0.913 bits per heavy atom. The molecule has 0 aromatic rings. The molecule has 19 nitrogen and oxygen atoms in total. The standard InChI is InChI=1S/C84H161NO18/c1-3-5-7-9-11-13-15-17-19-21-23-25-27-29-31-33-35-37-39-41-43-45-47-49-51-53-55-57-59-61-68(89)67(85-72(90)62-60-58-56-54-52-50-48-46-44-42-40-38-36-34-32-30-28-26-24-22-20-18-16-14-12-10-8-6-4-2)66-98-82-78(96)75(93)80(70(64-87)100-82)103-84-79(97)76(94)81(71(65-88)101-84)102-83-77(95)74(92)73(91)69(63-86)99-83/h59,61,67-71,73-84,86-89,91-97H,3-58,60,62-66H2,1-2H3,(H,85,90)/b61-59+. The van der Waals surface area contributed by atoms with Gasteiger partial charge < -0.3 is 89.9 Å². The quantitative estimate of drug-likeness (QED) is 0.0199. The van der Waals surface area contributed by atoms with Crippen LogP contribution in [0.3, 0.4) is 0 Å². The molecule has 12 N–H and O–H groups in total. The highest BCUT2D eigenvalue weighted by atomic mass is 16.8. The lowest BCUT2D eigenvalue weighted by Gasteiger charge is -2.48. The van der Waals surface area contributed by atoms with Crippen LogP contribution in [0.1, 0.15) is 386 Å². The summed E-state index contributed by atoms with van der Waals surface area (Å²) in [7, 11) is 0. The van der Waals surface area contributed by atoms with Gasteiger partial charge in [-0.25, -0.2) is 0 Å². The third-order valence-electron chi connectivity index (χ3n) is 22.1. The molecule has 3 aliphatic heterocycles. The maximum absolute atomic E-state index is 13.5. The van der Waals surface area contributed by atoms with E-state index in [2.05, 4.69) is 19.2 Å². The lowest BCUT2D eigenvalue weighted by atomic mass is 9.96. The first-order valence-electron chi connectivity index (χ1n) is 43.4. The molecule has 0 spiro atoms. The van der Waals surface area contributed by atoms with Gasteiger partial charge in [-0.15, -0.1) is 0 Å². The molecule has 103 heavy (non-hydrogen) atoms. The van der Waals surface area contributed by atoms with Gasteiger partial charge in [0, 0.05) is 6.42 Å². The summed E-state index contributed by atoms with van der Waals surface area (Å²) in [6.45, 7) is 1.82. The molecule has 1 amide bonds. The molecule has 0 radical (unpaired) electrons. The number of carbonyl (C=O) groups excluding carboxylic acids is 1. The van der Waals surface area contributed by atoms with Gasteiger partial charge in [0.2, 0.25) is 5.91 Å². The zero-order valence-corrected chi connectivity index (χ0v) is 65.6. The largest absolute Gasteiger partial charge is 0.394 e. The Morgan fingerprint density at radius 1 is 0.340 bits per heavy atom. The first-order valence-corrected chi connectivity index (χ1v) is 43.4. The summed E-state index contributed by atoms with van der Waals surface area (Å²) in [4.78, 5) is 13.5. The van der Waals surface area contributed by atoms with Crippen LogP contribution in [0.4, 0.5) is 0 Å². The second-order valence-electron chi connectivity index (χ2n) is 31.4. The van der Waals surface area contributed by atoms with Gasteiger partial charge in [0.1, 0.15) is 73.2 Å². The lowest BCUT2D eigenvalue weighted by Crippen LogP contribution is -2.66. The molecule has 0 aromatic heterocycles. The van der Waals surface area contributed by atoms with Crippen LogP contribution < -0.4 is 5.32 Å². The van der Waals surface area contributed by atoms with Gasteiger partial charge in [-0.05, 0) is 19.3 Å². The van der Waals surface area contributed by atoms with Crippen molar-refractivity contribution in [3.05, 3.63) is 12.2 Å². The predicted octanol–water partition coefficient (Wildman–Crippen LogP) is 15.5. The number of carbonyl (C=O) groups is 1. The maximum Gasteiger partial charge on any atom is 0.220 e. The molecule has 17 atom stereocenters. The monoisotopic (exact) mass is 1470 g/mol. The summed E-state index contributed by atoms with van der Waals surface area (Å²) in [5, 5.41) is 121. The molecule has 610 valence electrons. The minimum atomic E-state index is -1.98. The van der Waals surface area contributed by atoms with Crippen molar-refractivity contribution < 1.29 is 89.4 Å². The molecular formula is C84H161NO18. The molecule has 19 heteroatoms. The molecule has 3 saturated heterocycles. The van der Waals surface area contributed by atoms with Crippen molar-refractivity contribution in [1.82, 2.24) is 5.32 Å². The third-order valence-corrected chi connectivity index (χ3v) is 22.1. The van der Waals surface area contributed by atoms with E-state index in [0.29, 0.717) is 6.42 Å². The van der Waals surface area contributed by atoms with Gasteiger partial charge in [0.25, 0.3) is 0 Å². The van der Waals surface area contributed by atoms with E-state index in [9.17, 15) is 61.0 Å². The molecule has 3 rings (SSSR count). The van der Waals surface area contributed by atoms with Crippen LogP contribution in [0.2, 0.25) is 0 Å². The minimum Gasteiger partial charge on any atom is -0.394 e. The smallest absolute Gasteiger partial charge is 0.220 e. The van der Waals surface area contributed by atoms with E-state index in [-0.39, 0.29) is 18.9 Å². The van der Waals surface area contributed by atoms with E-state index in [0.717, 1.165) is 44.9 Å². The van der Waals surface area contributed by atoms with E-state index >= 15 is 0 Å².